The normalized spacial score (nSPS) is 12.1. The highest BCUT2D eigenvalue weighted by molar-refractivity contribution is 7.99. The lowest BCUT2D eigenvalue weighted by molar-refractivity contribution is -0.113. The molecular weight excluding hydrogens is 460 g/mol. The SMILES string of the molecule is Cc1ccc(-n2c(SCC(=O)Nc3ccc4c(c3)OCO4)nnc2-c2ccc(Cl)cc2)cc1. The summed E-state index contributed by atoms with van der Waals surface area (Å²) in [6.07, 6.45) is 0. The Kier molecular flexibility index (Phi) is 5.93. The number of aryl methyl sites for hydroxylation is 1. The molecule has 2 heterocycles. The molecule has 0 atom stereocenters. The molecule has 0 spiro atoms. The summed E-state index contributed by atoms with van der Waals surface area (Å²) in [6.45, 7) is 2.22. The lowest BCUT2D eigenvalue weighted by Gasteiger charge is -2.11. The molecule has 1 N–H and O–H groups in total. The summed E-state index contributed by atoms with van der Waals surface area (Å²) in [5, 5.41) is 12.9. The molecule has 1 aliphatic rings. The predicted octanol–water partition coefficient (Wildman–Crippen LogP) is 5.36. The van der Waals surface area contributed by atoms with Gasteiger partial charge in [-0.25, -0.2) is 0 Å². The van der Waals surface area contributed by atoms with Gasteiger partial charge in [0, 0.05) is 28.0 Å². The van der Waals surface area contributed by atoms with Crippen molar-refractivity contribution in [1.82, 2.24) is 14.8 Å². The molecule has 0 bridgehead atoms. The molecule has 3 aromatic carbocycles. The Bertz CT molecular complexity index is 1310. The van der Waals surface area contributed by atoms with E-state index in [9.17, 15) is 4.79 Å². The summed E-state index contributed by atoms with van der Waals surface area (Å²) >= 11 is 7.37. The summed E-state index contributed by atoms with van der Waals surface area (Å²) in [5.41, 5.74) is 3.59. The number of rotatable bonds is 6. The van der Waals surface area contributed by atoms with Gasteiger partial charge in [-0.2, -0.15) is 0 Å². The number of aromatic nitrogens is 3. The topological polar surface area (TPSA) is 78.3 Å². The molecule has 4 aromatic rings. The minimum Gasteiger partial charge on any atom is -0.454 e. The van der Waals surface area contributed by atoms with E-state index < -0.39 is 0 Å². The second-order valence-corrected chi connectivity index (χ2v) is 8.77. The first-order valence-corrected chi connectivity index (χ1v) is 11.5. The van der Waals surface area contributed by atoms with Crippen molar-refractivity contribution in [2.75, 3.05) is 17.9 Å². The Hall–Kier alpha value is -3.49. The Morgan fingerprint density at radius 1 is 1.03 bits per heavy atom. The molecule has 0 fully saturated rings. The predicted molar refractivity (Wildman–Crippen MR) is 128 cm³/mol. The monoisotopic (exact) mass is 478 g/mol. The van der Waals surface area contributed by atoms with E-state index >= 15 is 0 Å². The Balaban J connectivity index is 1.37. The maximum atomic E-state index is 12.6. The van der Waals surface area contributed by atoms with Gasteiger partial charge in [-0.1, -0.05) is 41.1 Å². The fourth-order valence-corrected chi connectivity index (χ4v) is 4.26. The van der Waals surface area contributed by atoms with Crippen LogP contribution in [0.5, 0.6) is 11.5 Å². The Morgan fingerprint density at radius 2 is 1.79 bits per heavy atom. The molecule has 7 nitrogen and oxygen atoms in total. The van der Waals surface area contributed by atoms with Crippen molar-refractivity contribution in [2.24, 2.45) is 0 Å². The maximum absolute atomic E-state index is 12.6. The highest BCUT2D eigenvalue weighted by Gasteiger charge is 2.18. The van der Waals surface area contributed by atoms with E-state index in [4.69, 9.17) is 21.1 Å². The quantitative estimate of drug-likeness (QED) is 0.376. The van der Waals surface area contributed by atoms with Crippen LogP contribution in [-0.4, -0.2) is 33.2 Å². The number of hydrogen-bond acceptors (Lipinski definition) is 6. The minimum absolute atomic E-state index is 0.162. The van der Waals surface area contributed by atoms with Gasteiger partial charge in [0.1, 0.15) is 0 Å². The minimum atomic E-state index is -0.162. The van der Waals surface area contributed by atoms with Crippen molar-refractivity contribution in [1.29, 1.82) is 0 Å². The smallest absolute Gasteiger partial charge is 0.234 e. The third-order valence-electron chi connectivity index (χ3n) is 5.02. The summed E-state index contributed by atoms with van der Waals surface area (Å²) in [6, 6.07) is 20.8. The van der Waals surface area contributed by atoms with Gasteiger partial charge in [0.25, 0.3) is 0 Å². The number of anilines is 1. The first-order valence-electron chi connectivity index (χ1n) is 10.2. The number of carbonyl (C=O) groups is 1. The van der Waals surface area contributed by atoms with Crippen LogP contribution in [0.25, 0.3) is 17.1 Å². The lowest BCUT2D eigenvalue weighted by atomic mass is 10.2. The van der Waals surface area contributed by atoms with Gasteiger partial charge in [-0.05, 0) is 55.5 Å². The maximum Gasteiger partial charge on any atom is 0.234 e. The van der Waals surface area contributed by atoms with Gasteiger partial charge >= 0.3 is 0 Å². The summed E-state index contributed by atoms with van der Waals surface area (Å²) in [7, 11) is 0. The van der Waals surface area contributed by atoms with Crippen molar-refractivity contribution >= 4 is 35.0 Å². The Labute approximate surface area is 199 Å². The average molecular weight is 479 g/mol. The number of ether oxygens (including phenoxy) is 2. The van der Waals surface area contributed by atoms with Crippen molar-refractivity contribution in [3.8, 4) is 28.6 Å². The summed E-state index contributed by atoms with van der Waals surface area (Å²) in [5.74, 6) is 1.97. The van der Waals surface area contributed by atoms with E-state index in [1.807, 2.05) is 60.0 Å². The molecule has 0 saturated heterocycles. The number of halogens is 1. The van der Waals surface area contributed by atoms with Crippen molar-refractivity contribution < 1.29 is 14.3 Å². The summed E-state index contributed by atoms with van der Waals surface area (Å²) < 4.78 is 12.6. The highest BCUT2D eigenvalue weighted by Crippen LogP contribution is 2.34. The van der Waals surface area contributed by atoms with E-state index in [1.54, 1.807) is 18.2 Å². The Morgan fingerprint density at radius 3 is 2.58 bits per heavy atom. The molecule has 0 aliphatic carbocycles. The van der Waals surface area contributed by atoms with Gasteiger partial charge < -0.3 is 14.8 Å². The number of benzene rings is 3. The molecule has 5 rings (SSSR count). The molecule has 166 valence electrons. The lowest BCUT2D eigenvalue weighted by Crippen LogP contribution is -2.14. The molecule has 33 heavy (non-hydrogen) atoms. The fraction of sp³-hybridized carbons (Fsp3) is 0.125. The number of hydrogen-bond donors (Lipinski definition) is 1. The molecule has 1 amide bonds. The van der Waals surface area contributed by atoms with E-state index in [2.05, 4.69) is 15.5 Å². The largest absolute Gasteiger partial charge is 0.454 e. The van der Waals surface area contributed by atoms with Crippen molar-refractivity contribution in [2.45, 2.75) is 12.1 Å². The molecule has 0 unspecified atom stereocenters. The third kappa shape index (κ3) is 4.67. The van der Waals surface area contributed by atoms with E-state index in [-0.39, 0.29) is 18.5 Å². The summed E-state index contributed by atoms with van der Waals surface area (Å²) in [4.78, 5) is 12.6. The molecule has 0 saturated carbocycles. The van der Waals surface area contributed by atoms with Gasteiger partial charge in [0.05, 0.1) is 5.75 Å². The van der Waals surface area contributed by atoms with Crippen LogP contribution in [0.15, 0.2) is 71.9 Å². The number of nitrogens with one attached hydrogen (secondary N) is 1. The number of fused-ring (bicyclic) bond motifs is 1. The molecule has 1 aliphatic heterocycles. The van der Waals surface area contributed by atoms with E-state index in [0.29, 0.717) is 33.2 Å². The zero-order chi connectivity index (χ0) is 22.8. The number of nitrogens with zero attached hydrogens (tertiary/aromatic N) is 3. The van der Waals surface area contributed by atoms with Crippen LogP contribution in [0.3, 0.4) is 0 Å². The first kappa shape index (κ1) is 21.4. The van der Waals surface area contributed by atoms with Gasteiger partial charge in [-0.3, -0.25) is 9.36 Å². The molecule has 9 heteroatoms. The first-order chi connectivity index (χ1) is 16.1. The van der Waals surface area contributed by atoms with Crippen LogP contribution < -0.4 is 14.8 Å². The van der Waals surface area contributed by atoms with Crippen LogP contribution in [-0.2, 0) is 4.79 Å². The van der Waals surface area contributed by atoms with Gasteiger partial charge in [0.2, 0.25) is 12.7 Å². The van der Waals surface area contributed by atoms with Crippen LogP contribution in [0.1, 0.15) is 5.56 Å². The number of carbonyl (C=O) groups excluding carboxylic acids is 1. The van der Waals surface area contributed by atoms with E-state index in [1.165, 1.54) is 11.8 Å². The van der Waals surface area contributed by atoms with Gasteiger partial charge in [0.15, 0.2) is 22.5 Å². The average Bonchev–Trinajstić information content (AvgIpc) is 3.45. The van der Waals surface area contributed by atoms with Crippen LogP contribution in [0, 0.1) is 6.92 Å². The van der Waals surface area contributed by atoms with Crippen LogP contribution in [0.2, 0.25) is 5.02 Å². The number of amides is 1. The zero-order valence-electron chi connectivity index (χ0n) is 17.6. The molecule has 0 radical (unpaired) electrons. The number of thioether (sulfide) groups is 1. The third-order valence-corrected chi connectivity index (χ3v) is 6.20. The second-order valence-electron chi connectivity index (χ2n) is 7.39. The zero-order valence-corrected chi connectivity index (χ0v) is 19.2. The fourth-order valence-electron chi connectivity index (χ4n) is 3.38. The van der Waals surface area contributed by atoms with Crippen LogP contribution >= 0.6 is 23.4 Å². The van der Waals surface area contributed by atoms with Crippen LogP contribution in [0.4, 0.5) is 5.69 Å². The van der Waals surface area contributed by atoms with Crippen molar-refractivity contribution in [3.05, 3.63) is 77.3 Å². The van der Waals surface area contributed by atoms with Crippen molar-refractivity contribution in [3.63, 3.8) is 0 Å². The van der Waals surface area contributed by atoms with Gasteiger partial charge in [-0.15, -0.1) is 10.2 Å². The molecular formula is C24H19ClN4O3S. The van der Waals surface area contributed by atoms with E-state index in [0.717, 1.165) is 16.8 Å². The highest BCUT2D eigenvalue weighted by atomic mass is 35.5. The molecule has 1 aromatic heterocycles. The second kappa shape index (κ2) is 9.17. The standard InChI is InChI=1S/C24H19ClN4O3S/c1-15-2-9-19(10-3-15)29-23(16-4-6-17(25)7-5-16)27-28-24(29)33-13-22(30)26-18-8-11-20-21(12-18)32-14-31-20/h2-12H,13-14H2,1H3,(H,26,30).